The molecule has 2 aromatic rings. The van der Waals surface area contributed by atoms with Gasteiger partial charge in [0.2, 0.25) is 0 Å². The van der Waals surface area contributed by atoms with Gasteiger partial charge in [0.15, 0.2) is 0 Å². The number of nitrogens with one attached hydrogen (secondary N) is 1. The number of hydrogen-bond donors (Lipinski definition) is 2. The molecule has 5 heteroatoms. The Kier molecular flexibility index (Phi) is 4.34. The predicted molar refractivity (Wildman–Crippen MR) is 81.5 cm³/mol. The molecule has 0 fully saturated rings. The highest BCUT2D eigenvalue weighted by molar-refractivity contribution is 5.32. The number of nitrogens with zero attached hydrogens (tertiary/aromatic N) is 2. The van der Waals surface area contributed by atoms with Crippen molar-refractivity contribution in [2.45, 2.75) is 31.4 Å². The third-order valence-corrected chi connectivity index (χ3v) is 4.11. The second-order valence-electron chi connectivity index (χ2n) is 5.57. The number of rotatable bonds is 5. The van der Waals surface area contributed by atoms with Gasteiger partial charge in [-0.25, -0.2) is 0 Å². The zero-order valence-electron chi connectivity index (χ0n) is 12.3. The van der Waals surface area contributed by atoms with Crippen molar-refractivity contribution in [3.63, 3.8) is 0 Å². The van der Waals surface area contributed by atoms with E-state index in [0.29, 0.717) is 0 Å². The molecule has 2 heterocycles. The van der Waals surface area contributed by atoms with Gasteiger partial charge in [-0.1, -0.05) is 24.3 Å². The topological polar surface area (TPSA) is 65.1 Å². The van der Waals surface area contributed by atoms with E-state index in [1.807, 2.05) is 24.1 Å². The smallest absolute Gasteiger partial charge is 0.0994 e. The van der Waals surface area contributed by atoms with E-state index >= 15 is 0 Å². The largest absolute Gasteiger partial charge is 0.371 e. The lowest BCUT2D eigenvalue weighted by Crippen LogP contribution is -2.42. The van der Waals surface area contributed by atoms with Gasteiger partial charge in [-0.05, 0) is 36.0 Å². The first-order valence-corrected chi connectivity index (χ1v) is 7.41. The van der Waals surface area contributed by atoms with E-state index in [0.717, 1.165) is 25.9 Å². The average Bonchev–Trinajstić information content (AvgIpc) is 2.93. The Labute approximate surface area is 125 Å². The van der Waals surface area contributed by atoms with E-state index < -0.39 is 0 Å². The maximum atomic E-state index is 5.99. The number of ether oxygens (including phenoxy) is 1. The standard InChI is InChI=1S/C16H22N4O/c1-20-11-12(10-18-20)6-7-15(19-17)16-14-5-3-2-4-13(14)8-9-21-16/h2-5,10-11,15-16,19H,6-9,17H2,1H3. The molecule has 0 saturated heterocycles. The number of benzene rings is 1. The van der Waals surface area contributed by atoms with Crippen LogP contribution in [0.3, 0.4) is 0 Å². The molecular formula is C16H22N4O. The molecule has 1 aromatic heterocycles. The van der Waals surface area contributed by atoms with Gasteiger partial charge >= 0.3 is 0 Å². The predicted octanol–water partition coefficient (Wildman–Crippen LogP) is 1.50. The van der Waals surface area contributed by atoms with Crippen molar-refractivity contribution in [1.82, 2.24) is 15.2 Å². The maximum Gasteiger partial charge on any atom is 0.0994 e. The first kappa shape index (κ1) is 14.3. The summed E-state index contributed by atoms with van der Waals surface area (Å²) in [5.74, 6) is 5.78. The minimum absolute atomic E-state index is 0.0246. The zero-order valence-corrected chi connectivity index (χ0v) is 12.3. The highest BCUT2D eigenvalue weighted by Gasteiger charge is 2.27. The van der Waals surface area contributed by atoms with Crippen LogP contribution in [0, 0.1) is 0 Å². The SMILES string of the molecule is Cn1cc(CCC(NN)C2OCCc3ccccc32)cn1. The van der Waals surface area contributed by atoms with Gasteiger partial charge in [0.25, 0.3) is 0 Å². The second-order valence-corrected chi connectivity index (χ2v) is 5.57. The molecule has 2 unspecified atom stereocenters. The van der Waals surface area contributed by atoms with E-state index in [9.17, 15) is 0 Å². The van der Waals surface area contributed by atoms with Crippen molar-refractivity contribution < 1.29 is 4.74 Å². The van der Waals surface area contributed by atoms with Crippen molar-refractivity contribution in [2.75, 3.05) is 6.61 Å². The summed E-state index contributed by atoms with van der Waals surface area (Å²) in [7, 11) is 1.93. The molecule has 0 saturated carbocycles. The minimum atomic E-state index is 0.0246. The normalized spacial score (nSPS) is 19.2. The molecule has 0 aliphatic carbocycles. The fourth-order valence-electron chi connectivity index (χ4n) is 3.00. The molecular weight excluding hydrogens is 264 g/mol. The van der Waals surface area contributed by atoms with Crippen LogP contribution in [0.5, 0.6) is 0 Å². The number of hydrogen-bond acceptors (Lipinski definition) is 4. The lowest BCUT2D eigenvalue weighted by Gasteiger charge is -2.32. The highest BCUT2D eigenvalue weighted by atomic mass is 16.5. The van der Waals surface area contributed by atoms with Crippen LogP contribution in [0.4, 0.5) is 0 Å². The first-order valence-electron chi connectivity index (χ1n) is 7.41. The quantitative estimate of drug-likeness (QED) is 0.646. The molecule has 1 aliphatic rings. The van der Waals surface area contributed by atoms with E-state index in [4.69, 9.17) is 10.6 Å². The Balaban J connectivity index is 1.72. The molecule has 0 radical (unpaired) electrons. The molecule has 112 valence electrons. The van der Waals surface area contributed by atoms with Crippen molar-refractivity contribution in [3.05, 3.63) is 53.3 Å². The Morgan fingerprint density at radius 1 is 1.48 bits per heavy atom. The van der Waals surface area contributed by atoms with E-state index in [1.54, 1.807) is 0 Å². The summed E-state index contributed by atoms with van der Waals surface area (Å²) in [6.45, 7) is 0.757. The number of nitrogens with two attached hydrogens (primary N) is 1. The fourth-order valence-corrected chi connectivity index (χ4v) is 3.00. The van der Waals surface area contributed by atoms with Gasteiger partial charge in [0, 0.05) is 13.2 Å². The molecule has 3 rings (SSSR count). The third kappa shape index (κ3) is 3.15. The van der Waals surface area contributed by atoms with Crippen molar-refractivity contribution in [1.29, 1.82) is 0 Å². The monoisotopic (exact) mass is 286 g/mol. The number of aryl methyl sites for hydroxylation is 2. The number of aromatic nitrogens is 2. The van der Waals surface area contributed by atoms with Gasteiger partial charge in [-0.15, -0.1) is 0 Å². The second kappa shape index (κ2) is 6.39. The fraction of sp³-hybridized carbons (Fsp3) is 0.438. The summed E-state index contributed by atoms with van der Waals surface area (Å²) in [5, 5.41) is 4.20. The van der Waals surface area contributed by atoms with Gasteiger partial charge in [0.05, 0.1) is 24.9 Å². The van der Waals surface area contributed by atoms with E-state index in [1.165, 1.54) is 16.7 Å². The van der Waals surface area contributed by atoms with Crippen molar-refractivity contribution >= 4 is 0 Å². The molecule has 21 heavy (non-hydrogen) atoms. The first-order chi connectivity index (χ1) is 10.3. The lowest BCUT2D eigenvalue weighted by atomic mass is 9.91. The maximum absolute atomic E-state index is 5.99. The van der Waals surface area contributed by atoms with Crippen molar-refractivity contribution in [2.24, 2.45) is 12.9 Å². The highest BCUT2D eigenvalue weighted by Crippen LogP contribution is 2.31. The Bertz CT molecular complexity index is 595. The molecule has 1 aromatic carbocycles. The minimum Gasteiger partial charge on any atom is -0.371 e. The summed E-state index contributed by atoms with van der Waals surface area (Å²) in [5.41, 5.74) is 6.79. The van der Waals surface area contributed by atoms with Crippen LogP contribution in [-0.2, 0) is 24.6 Å². The Morgan fingerprint density at radius 2 is 2.33 bits per heavy atom. The number of fused-ring (bicyclic) bond motifs is 1. The lowest BCUT2D eigenvalue weighted by molar-refractivity contribution is 0.0133. The summed E-state index contributed by atoms with van der Waals surface area (Å²) in [6.07, 6.45) is 6.81. The average molecular weight is 286 g/mol. The van der Waals surface area contributed by atoms with Crippen LogP contribution in [0.2, 0.25) is 0 Å². The third-order valence-electron chi connectivity index (χ3n) is 4.11. The van der Waals surface area contributed by atoms with Crippen LogP contribution in [0.1, 0.15) is 29.2 Å². The van der Waals surface area contributed by atoms with Gasteiger partial charge < -0.3 is 4.74 Å². The molecule has 3 N–H and O–H groups in total. The van der Waals surface area contributed by atoms with E-state index in [-0.39, 0.29) is 12.1 Å². The van der Waals surface area contributed by atoms with Gasteiger partial charge in [-0.3, -0.25) is 16.0 Å². The summed E-state index contributed by atoms with van der Waals surface area (Å²) < 4.78 is 7.81. The molecule has 5 nitrogen and oxygen atoms in total. The van der Waals surface area contributed by atoms with Crippen molar-refractivity contribution in [3.8, 4) is 0 Å². The van der Waals surface area contributed by atoms with Gasteiger partial charge in [0.1, 0.15) is 0 Å². The van der Waals surface area contributed by atoms with E-state index in [2.05, 4.69) is 34.8 Å². The summed E-state index contributed by atoms with van der Waals surface area (Å²) >= 11 is 0. The van der Waals surface area contributed by atoms with Crippen LogP contribution >= 0.6 is 0 Å². The molecule has 2 atom stereocenters. The van der Waals surface area contributed by atoms with Crippen LogP contribution in [0.25, 0.3) is 0 Å². The summed E-state index contributed by atoms with van der Waals surface area (Å²) in [4.78, 5) is 0. The van der Waals surface area contributed by atoms with Crippen LogP contribution in [0.15, 0.2) is 36.7 Å². The number of hydrazine groups is 1. The summed E-state index contributed by atoms with van der Waals surface area (Å²) in [6, 6.07) is 8.58. The molecule has 0 spiro atoms. The molecule has 1 aliphatic heterocycles. The van der Waals surface area contributed by atoms with Crippen LogP contribution < -0.4 is 11.3 Å². The molecule has 0 amide bonds. The Hall–Kier alpha value is -1.69. The molecule has 0 bridgehead atoms. The Morgan fingerprint density at radius 3 is 3.10 bits per heavy atom. The van der Waals surface area contributed by atoms with Crippen LogP contribution in [-0.4, -0.2) is 22.4 Å². The van der Waals surface area contributed by atoms with Gasteiger partial charge in [-0.2, -0.15) is 5.10 Å². The zero-order chi connectivity index (χ0) is 14.7.